The van der Waals surface area contributed by atoms with Crippen LogP contribution in [0.3, 0.4) is 0 Å². The van der Waals surface area contributed by atoms with E-state index in [2.05, 4.69) is 39.4 Å². The van der Waals surface area contributed by atoms with Gasteiger partial charge in [0.05, 0.1) is 18.6 Å². The Balaban J connectivity index is 1.19. The molecule has 0 aliphatic carbocycles. The summed E-state index contributed by atoms with van der Waals surface area (Å²) in [6, 6.07) is 24.9. The first kappa shape index (κ1) is 29.6. The zero-order chi connectivity index (χ0) is 29.3. The van der Waals surface area contributed by atoms with Crippen molar-refractivity contribution >= 4 is 35.2 Å². The number of para-hydroxylation sites is 2. The Morgan fingerprint density at radius 1 is 0.976 bits per heavy atom. The lowest BCUT2D eigenvalue weighted by Crippen LogP contribution is -2.47. The molecule has 1 N–H and O–H groups in total. The van der Waals surface area contributed by atoms with Crippen LogP contribution in [0.2, 0.25) is 0 Å². The Hall–Kier alpha value is -3.89. The van der Waals surface area contributed by atoms with Crippen molar-refractivity contribution in [3.63, 3.8) is 0 Å². The van der Waals surface area contributed by atoms with Crippen molar-refractivity contribution in [1.29, 1.82) is 0 Å². The number of nitrogens with one attached hydrogen (secondary N) is 1. The molecule has 0 saturated carbocycles. The first-order valence-electron chi connectivity index (χ1n) is 14.2. The summed E-state index contributed by atoms with van der Waals surface area (Å²) < 4.78 is 23.1. The summed E-state index contributed by atoms with van der Waals surface area (Å²) in [5.41, 5.74) is 1.84. The molecule has 10 heteroatoms. The second-order valence-corrected chi connectivity index (χ2v) is 11.4. The van der Waals surface area contributed by atoms with Crippen molar-refractivity contribution in [2.75, 3.05) is 56.7 Å². The number of ether oxygens (including phenoxy) is 4. The van der Waals surface area contributed by atoms with Crippen molar-refractivity contribution in [2.45, 2.75) is 35.7 Å². The lowest BCUT2D eigenvalue weighted by molar-refractivity contribution is -0.146. The fourth-order valence-corrected chi connectivity index (χ4v) is 6.33. The second kappa shape index (κ2) is 14.3. The molecule has 1 saturated heterocycles. The maximum Gasteiger partial charge on any atom is 0.412 e. The van der Waals surface area contributed by atoms with Crippen LogP contribution < -0.4 is 19.7 Å². The minimum absolute atomic E-state index is 0.276. The molecule has 1 unspecified atom stereocenters. The largest absolute Gasteiger partial charge is 0.497 e. The highest BCUT2D eigenvalue weighted by Gasteiger charge is 2.42. The average Bonchev–Trinajstić information content (AvgIpc) is 3.15. The molecular formula is C32H37N3O6S. The molecule has 1 amide bonds. The first-order chi connectivity index (χ1) is 20.5. The van der Waals surface area contributed by atoms with E-state index in [1.165, 1.54) is 17.4 Å². The molecule has 0 bridgehead atoms. The lowest BCUT2D eigenvalue weighted by Gasteiger charge is -2.36. The van der Waals surface area contributed by atoms with Gasteiger partial charge in [0.1, 0.15) is 22.9 Å². The van der Waals surface area contributed by atoms with Gasteiger partial charge in [-0.1, -0.05) is 36.4 Å². The molecule has 222 valence electrons. The third-order valence-corrected chi connectivity index (χ3v) is 8.62. The molecule has 3 atom stereocenters. The minimum atomic E-state index is -0.893. The minimum Gasteiger partial charge on any atom is -0.497 e. The molecule has 1 fully saturated rings. The van der Waals surface area contributed by atoms with Crippen LogP contribution in [0, 0.1) is 0 Å². The van der Waals surface area contributed by atoms with Crippen molar-refractivity contribution < 1.29 is 28.5 Å². The number of fused-ring (bicyclic) bond motifs is 1. The van der Waals surface area contributed by atoms with Crippen LogP contribution in [0.1, 0.15) is 13.3 Å². The molecule has 2 aliphatic rings. The SMILES string of the molecule is COc1ccc2c(c1)S[C@@H](C(=O)OCCCN1CCN(c3ccccc3)CC1)[C@@H](OC(=O)Nc1ccccc1)C(C)O2. The van der Waals surface area contributed by atoms with E-state index in [1.54, 1.807) is 38.3 Å². The van der Waals surface area contributed by atoms with Gasteiger partial charge in [-0.15, -0.1) is 11.8 Å². The molecule has 2 aliphatic heterocycles. The summed E-state index contributed by atoms with van der Waals surface area (Å²) in [6.45, 7) is 6.75. The van der Waals surface area contributed by atoms with Crippen LogP contribution in [0.4, 0.5) is 16.2 Å². The predicted octanol–water partition coefficient (Wildman–Crippen LogP) is 5.31. The van der Waals surface area contributed by atoms with Gasteiger partial charge >= 0.3 is 12.1 Å². The Morgan fingerprint density at radius 3 is 2.40 bits per heavy atom. The zero-order valence-electron chi connectivity index (χ0n) is 23.9. The van der Waals surface area contributed by atoms with E-state index in [0.29, 0.717) is 28.5 Å². The molecular weight excluding hydrogens is 554 g/mol. The number of hydrogen-bond acceptors (Lipinski definition) is 9. The summed E-state index contributed by atoms with van der Waals surface area (Å²) in [7, 11) is 1.58. The smallest absolute Gasteiger partial charge is 0.412 e. The molecule has 3 aromatic carbocycles. The van der Waals surface area contributed by atoms with Crippen molar-refractivity contribution in [3.05, 3.63) is 78.9 Å². The molecule has 5 rings (SSSR count). The van der Waals surface area contributed by atoms with Gasteiger partial charge in [-0.05, 0) is 55.8 Å². The van der Waals surface area contributed by atoms with Crippen molar-refractivity contribution in [3.8, 4) is 11.5 Å². The van der Waals surface area contributed by atoms with Gasteiger partial charge in [-0.2, -0.15) is 0 Å². The van der Waals surface area contributed by atoms with E-state index in [0.717, 1.165) is 32.7 Å². The van der Waals surface area contributed by atoms with E-state index in [1.807, 2.05) is 30.3 Å². The number of thioether (sulfide) groups is 1. The van der Waals surface area contributed by atoms with E-state index >= 15 is 0 Å². The van der Waals surface area contributed by atoms with Gasteiger partial charge in [0, 0.05) is 44.1 Å². The Morgan fingerprint density at radius 2 is 1.69 bits per heavy atom. The van der Waals surface area contributed by atoms with Gasteiger partial charge in [0.25, 0.3) is 0 Å². The van der Waals surface area contributed by atoms with Crippen LogP contribution in [0.25, 0.3) is 0 Å². The molecule has 9 nitrogen and oxygen atoms in total. The second-order valence-electron chi connectivity index (χ2n) is 10.2. The Kier molecular flexibility index (Phi) is 10.1. The number of hydrogen-bond donors (Lipinski definition) is 1. The predicted molar refractivity (Wildman–Crippen MR) is 164 cm³/mol. The number of esters is 1. The normalized spacial score (nSPS) is 20.4. The lowest BCUT2D eigenvalue weighted by atomic mass is 10.1. The van der Waals surface area contributed by atoms with Crippen LogP contribution >= 0.6 is 11.8 Å². The van der Waals surface area contributed by atoms with Crippen molar-refractivity contribution in [2.24, 2.45) is 0 Å². The number of rotatable bonds is 9. The summed E-state index contributed by atoms with van der Waals surface area (Å²) in [5, 5.41) is 1.89. The van der Waals surface area contributed by atoms with E-state index in [9.17, 15) is 9.59 Å². The highest BCUT2D eigenvalue weighted by molar-refractivity contribution is 8.00. The average molecular weight is 592 g/mol. The topological polar surface area (TPSA) is 89.6 Å². The van der Waals surface area contributed by atoms with Crippen LogP contribution in [0.15, 0.2) is 83.8 Å². The number of carbonyl (C=O) groups excluding carboxylic acids is 2. The van der Waals surface area contributed by atoms with Gasteiger partial charge in [-0.25, -0.2) is 4.79 Å². The highest BCUT2D eigenvalue weighted by atomic mass is 32.2. The van der Waals surface area contributed by atoms with Crippen LogP contribution in [-0.2, 0) is 14.3 Å². The third-order valence-electron chi connectivity index (χ3n) is 7.33. The van der Waals surface area contributed by atoms with Crippen molar-refractivity contribution in [1.82, 2.24) is 4.90 Å². The summed E-state index contributed by atoms with van der Waals surface area (Å²) in [6.07, 6.45) is -1.45. The number of carbonyl (C=O) groups is 2. The number of amides is 1. The maximum atomic E-state index is 13.5. The quantitative estimate of drug-likeness (QED) is 0.263. The summed E-state index contributed by atoms with van der Waals surface area (Å²) >= 11 is 1.26. The molecule has 3 aromatic rings. The Labute approximate surface area is 251 Å². The van der Waals surface area contributed by atoms with Crippen LogP contribution in [0.5, 0.6) is 11.5 Å². The first-order valence-corrected chi connectivity index (χ1v) is 15.1. The standard InChI is InChI=1S/C32H37N3O6S/c1-23-29(41-32(37)33-24-10-5-3-6-11-24)30(42-28-22-26(38-2)14-15-27(28)40-23)31(36)39-21-9-16-34-17-19-35(20-18-34)25-12-7-4-8-13-25/h3-8,10-15,22-23,29-30H,9,16-21H2,1-2H3,(H,33,37)/t23?,29-,30+/m0/s1. The third kappa shape index (κ3) is 7.68. The molecule has 2 heterocycles. The van der Waals surface area contributed by atoms with Gasteiger partial charge in [0.2, 0.25) is 0 Å². The molecule has 0 aromatic heterocycles. The number of anilines is 2. The number of methoxy groups -OCH3 is 1. The fourth-order valence-electron chi connectivity index (χ4n) is 5.07. The molecule has 0 spiro atoms. The number of piperazine rings is 1. The summed E-state index contributed by atoms with van der Waals surface area (Å²) in [5.74, 6) is 0.783. The van der Waals surface area contributed by atoms with Gasteiger partial charge in [-0.3, -0.25) is 15.0 Å². The number of nitrogens with zero attached hydrogens (tertiary/aromatic N) is 2. The Bertz CT molecular complexity index is 1320. The van der Waals surface area contributed by atoms with Gasteiger partial charge in [0.15, 0.2) is 6.10 Å². The monoisotopic (exact) mass is 591 g/mol. The van der Waals surface area contributed by atoms with Crippen LogP contribution in [-0.4, -0.2) is 80.9 Å². The highest BCUT2D eigenvalue weighted by Crippen LogP contribution is 2.41. The van der Waals surface area contributed by atoms with E-state index in [4.69, 9.17) is 18.9 Å². The summed E-state index contributed by atoms with van der Waals surface area (Å²) in [4.78, 5) is 31.9. The van der Waals surface area contributed by atoms with E-state index < -0.39 is 29.5 Å². The zero-order valence-corrected chi connectivity index (χ0v) is 24.8. The van der Waals surface area contributed by atoms with E-state index in [-0.39, 0.29) is 6.61 Å². The molecule has 0 radical (unpaired) electrons. The fraction of sp³-hybridized carbons (Fsp3) is 0.375. The number of benzene rings is 3. The van der Waals surface area contributed by atoms with Gasteiger partial charge < -0.3 is 23.8 Å². The maximum absolute atomic E-state index is 13.5. The molecule has 42 heavy (non-hydrogen) atoms.